The van der Waals surface area contributed by atoms with Gasteiger partial charge in [-0.15, -0.1) is 0 Å². The fraction of sp³-hybridized carbons (Fsp3) is 0.304. The molecule has 4 nitrogen and oxygen atoms in total. The molecule has 3 aromatic rings. The van der Waals surface area contributed by atoms with E-state index in [2.05, 4.69) is 74.6 Å². The average molecular weight is 389 g/mol. The monoisotopic (exact) mass is 388 g/mol. The molecule has 5 heteroatoms. The Kier molecular flexibility index (Phi) is 4.61. The zero-order valence-electron chi connectivity index (χ0n) is 15.7. The molecule has 3 heterocycles. The minimum absolute atomic E-state index is 0.0703. The molecule has 5 rings (SSSR count). The van der Waals surface area contributed by atoms with Gasteiger partial charge in [-0.2, -0.15) is 0 Å². The third-order valence-electron chi connectivity index (χ3n) is 5.97. The minimum atomic E-state index is 0.0703. The van der Waals surface area contributed by atoms with Gasteiger partial charge in [0.15, 0.2) is 5.11 Å². The van der Waals surface area contributed by atoms with Crippen LogP contribution in [-0.4, -0.2) is 25.6 Å². The maximum Gasteiger partial charge on any atom is 0.170 e. The van der Waals surface area contributed by atoms with Crippen molar-refractivity contribution in [3.8, 4) is 5.69 Å². The summed E-state index contributed by atoms with van der Waals surface area (Å²) in [6.07, 6.45) is 11.3. The topological polar surface area (TPSA) is 33.1 Å². The van der Waals surface area contributed by atoms with Crippen molar-refractivity contribution in [2.75, 3.05) is 0 Å². The van der Waals surface area contributed by atoms with Gasteiger partial charge in [-0.1, -0.05) is 37.1 Å². The standard InChI is InChI=1S/C23H24N4S/c28-23-25-21(20-12-6-7-14-24-20)22(27(23)19-10-4-5-11-19)17-13-15-26(16-17)18-8-2-1-3-9-18/h1-3,6-9,12-16,19,21-22H,4-5,10-11H2,(H,25,28). The lowest BCUT2D eigenvalue weighted by atomic mass is 9.97. The third-order valence-corrected chi connectivity index (χ3v) is 6.29. The molecule has 0 bridgehead atoms. The highest BCUT2D eigenvalue weighted by atomic mass is 32.1. The quantitative estimate of drug-likeness (QED) is 0.652. The molecule has 1 aliphatic heterocycles. The van der Waals surface area contributed by atoms with Gasteiger partial charge in [0.25, 0.3) is 0 Å². The molecule has 28 heavy (non-hydrogen) atoms. The number of nitrogens with one attached hydrogen (secondary N) is 1. The maximum absolute atomic E-state index is 5.81. The third kappa shape index (κ3) is 3.10. The molecule has 2 unspecified atom stereocenters. The van der Waals surface area contributed by atoms with Crippen LogP contribution in [0.25, 0.3) is 5.69 Å². The van der Waals surface area contributed by atoms with Crippen molar-refractivity contribution in [2.24, 2.45) is 0 Å². The van der Waals surface area contributed by atoms with Crippen molar-refractivity contribution >= 4 is 17.3 Å². The second-order valence-electron chi connectivity index (χ2n) is 7.66. The van der Waals surface area contributed by atoms with E-state index in [-0.39, 0.29) is 12.1 Å². The van der Waals surface area contributed by atoms with Crippen LogP contribution in [0, 0.1) is 0 Å². The Morgan fingerprint density at radius 1 is 0.964 bits per heavy atom. The molecule has 142 valence electrons. The Morgan fingerprint density at radius 2 is 1.75 bits per heavy atom. The van der Waals surface area contributed by atoms with Crippen molar-refractivity contribution in [3.63, 3.8) is 0 Å². The lowest BCUT2D eigenvalue weighted by Crippen LogP contribution is -2.37. The van der Waals surface area contributed by atoms with Crippen molar-refractivity contribution in [2.45, 2.75) is 43.8 Å². The van der Waals surface area contributed by atoms with E-state index in [9.17, 15) is 0 Å². The first-order valence-electron chi connectivity index (χ1n) is 10.0. The lowest BCUT2D eigenvalue weighted by molar-refractivity contribution is 0.245. The van der Waals surface area contributed by atoms with Crippen LogP contribution < -0.4 is 5.32 Å². The number of hydrogen-bond donors (Lipinski definition) is 1. The number of thiocarbonyl (C=S) groups is 1. The Hall–Kier alpha value is -2.66. The van der Waals surface area contributed by atoms with E-state index >= 15 is 0 Å². The predicted octanol–water partition coefficient (Wildman–Crippen LogP) is 4.79. The summed E-state index contributed by atoms with van der Waals surface area (Å²) in [4.78, 5) is 7.09. The number of pyridine rings is 1. The fourth-order valence-electron chi connectivity index (χ4n) is 4.65. The van der Waals surface area contributed by atoms with Crippen molar-refractivity contribution in [1.29, 1.82) is 0 Å². The van der Waals surface area contributed by atoms with Gasteiger partial charge in [0.2, 0.25) is 0 Å². The van der Waals surface area contributed by atoms with E-state index < -0.39 is 0 Å². The number of benzene rings is 1. The van der Waals surface area contributed by atoms with Gasteiger partial charge < -0.3 is 14.8 Å². The highest BCUT2D eigenvalue weighted by molar-refractivity contribution is 7.80. The SMILES string of the molecule is S=C1NC(c2ccccn2)C(c2ccn(-c3ccccc3)c2)N1C1CCCC1. The van der Waals surface area contributed by atoms with Crippen LogP contribution in [0.15, 0.2) is 73.2 Å². The summed E-state index contributed by atoms with van der Waals surface area (Å²) in [6.45, 7) is 0. The fourth-order valence-corrected chi connectivity index (χ4v) is 5.04. The molecule has 0 radical (unpaired) electrons. The molecule has 1 aromatic carbocycles. The molecule has 2 aromatic heterocycles. The van der Waals surface area contributed by atoms with Gasteiger partial charge in [0.05, 0.1) is 17.8 Å². The van der Waals surface area contributed by atoms with E-state index in [1.807, 2.05) is 18.3 Å². The summed E-state index contributed by atoms with van der Waals surface area (Å²) < 4.78 is 2.19. The highest BCUT2D eigenvalue weighted by Gasteiger charge is 2.43. The zero-order valence-corrected chi connectivity index (χ0v) is 16.6. The van der Waals surface area contributed by atoms with E-state index in [1.54, 1.807) is 0 Å². The minimum Gasteiger partial charge on any atom is -0.352 e. The zero-order chi connectivity index (χ0) is 18.9. The molecule has 1 saturated carbocycles. The normalized spacial score (nSPS) is 22.6. The molecule has 2 aliphatic rings. The summed E-state index contributed by atoms with van der Waals surface area (Å²) in [5, 5.41) is 4.44. The van der Waals surface area contributed by atoms with E-state index in [0.717, 1.165) is 10.8 Å². The van der Waals surface area contributed by atoms with Crippen LogP contribution in [0.5, 0.6) is 0 Å². The molecular formula is C23H24N4S. The molecule has 0 amide bonds. The molecule has 1 aliphatic carbocycles. The summed E-state index contributed by atoms with van der Waals surface area (Å²) in [7, 11) is 0. The van der Waals surface area contributed by atoms with Gasteiger partial charge in [0.1, 0.15) is 0 Å². The van der Waals surface area contributed by atoms with Crippen LogP contribution in [0.4, 0.5) is 0 Å². The van der Waals surface area contributed by atoms with Crippen LogP contribution in [0.2, 0.25) is 0 Å². The molecular weight excluding hydrogens is 364 g/mol. The van der Waals surface area contributed by atoms with Gasteiger partial charge in [-0.25, -0.2) is 0 Å². The van der Waals surface area contributed by atoms with Gasteiger partial charge >= 0.3 is 0 Å². The summed E-state index contributed by atoms with van der Waals surface area (Å²) in [5.74, 6) is 0. The Bertz CT molecular complexity index is 947. The van der Waals surface area contributed by atoms with Gasteiger partial charge in [0, 0.05) is 30.3 Å². The maximum atomic E-state index is 5.81. The molecule has 2 atom stereocenters. The van der Waals surface area contributed by atoms with Crippen molar-refractivity contribution < 1.29 is 0 Å². The van der Waals surface area contributed by atoms with Crippen LogP contribution in [-0.2, 0) is 0 Å². The van der Waals surface area contributed by atoms with E-state index in [4.69, 9.17) is 12.2 Å². The first-order chi connectivity index (χ1) is 13.8. The molecule has 2 fully saturated rings. The summed E-state index contributed by atoms with van der Waals surface area (Å²) >= 11 is 5.81. The largest absolute Gasteiger partial charge is 0.352 e. The smallest absolute Gasteiger partial charge is 0.170 e. The second-order valence-corrected chi connectivity index (χ2v) is 8.05. The summed E-state index contributed by atoms with van der Waals surface area (Å²) in [5.41, 5.74) is 3.49. The number of para-hydroxylation sites is 1. The number of aromatic nitrogens is 2. The average Bonchev–Trinajstić information content (AvgIpc) is 3.48. The van der Waals surface area contributed by atoms with E-state index in [0.29, 0.717) is 6.04 Å². The van der Waals surface area contributed by atoms with Gasteiger partial charge in [-0.3, -0.25) is 4.98 Å². The van der Waals surface area contributed by atoms with Crippen molar-refractivity contribution in [1.82, 2.24) is 19.8 Å². The molecule has 1 N–H and O–H groups in total. The van der Waals surface area contributed by atoms with Crippen LogP contribution in [0.3, 0.4) is 0 Å². The number of nitrogens with zero attached hydrogens (tertiary/aromatic N) is 3. The summed E-state index contributed by atoms with van der Waals surface area (Å²) in [6, 6.07) is 19.5. The Labute approximate surface area is 171 Å². The van der Waals surface area contributed by atoms with Crippen molar-refractivity contribution in [3.05, 3.63) is 84.4 Å². The highest BCUT2D eigenvalue weighted by Crippen LogP contribution is 2.43. The van der Waals surface area contributed by atoms with E-state index in [1.165, 1.54) is 36.9 Å². The van der Waals surface area contributed by atoms with Gasteiger partial charge in [-0.05, 0) is 61.0 Å². The predicted molar refractivity (Wildman–Crippen MR) is 115 cm³/mol. The number of hydrogen-bond acceptors (Lipinski definition) is 2. The van der Waals surface area contributed by atoms with Crippen LogP contribution in [0.1, 0.15) is 49.0 Å². The first-order valence-corrected chi connectivity index (χ1v) is 10.5. The van der Waals surface area contributed by atoms with Crippen LogP contribution >= 0.6 is 12.2 Å². The molecule has 0 spiro atoms. The number of rotatable bonds is 4. The second kappa shape index (κ2) is 7.40. The Morgan fingerprint density at radius 3 is 2.50 bits per heavy atom. The first kappa shape index (κ1) is 17.4. The lowest BCUT2D eigenvalue weighted by Gasteiger charge is -2.32. The molecule has 1 saturated heterocycles. The Balaban J connectivity index is 1.55.